The highest BCUT2D eigenvalue weighted by Gasteiger charge is 2.36. The predicted molar refractivity (Wildman–Crippen MR) is 105 cm³/mol. The number of aromatic nitrogens is 2. The lowest BCUT2D eigenvalue weighted by Gasteiger charge is -2.21. The first-order chi connectivity index (χ1) is 13.5. The summed E-state index contributed by atoms with van der Waals surface area (Å²) in [7, 11) is 3.16. The molecule has 28 heavy (non-hydrogen) atoms. The molecule has 1 aliphatic heterocycles. The van der Waals surface area contributed by atoms with Gasteiger partial charge >= 0.3 is 5.97 Å². The number of nitrogens with one attached hydrogen (secondary N) is 1. The molecule has 1 aromatic carbocycles. The van der Waals surface area contributed by atoms with E-state index < -0.39 is 0 Å². The van der Waals surface area contributed by atoms with Crippen LogP contribution in [0.1, 0.15) is 12.6 Å². The van der Waals surface area contributed by atoms with Crippen molar-refractivity contribution >= 4 is 11.9 Å². The third-order valence-electron chi connectivity index (χ3n) is 5.03. The molecule has 2 aromatic rings. The van der Waals surface area contributed by atoms with E-state index in [2.05, 4.69) is 27.2 Å². The monoisotopic (exact) mass is 387 g/mol. The summed E-state index contributed by atoms with van der Waals surface area (Å²) in [6.45, 7) is 4.09. The number of esters is 1. The van der Waals surface area contributed by atoms with Crippen molar-refractivity contribution in [2.75, 3.05) is 33.8 Å². The van der Waals surface area contributed by atoms with Gasteiger partial charge in [0.15, 0.2) is 5.96 Å². The van der Waals surface area contributed by atoms with Gasteiger partial charge in [-0.2, -0.15) is 5.10 Å². The van der Waals surface area contributed by atoms with E-state index in [4.69, 9.17) is 4.74 Å². The fourth-order valence-corrected chi connectivity index (χ4v) is 3.47. The molecule has 2 atom stereocenters. The zero-order chi connectivity index (χ0) is 20.1. The molecule has 2 heterocycles. The normalized spacial score (nSPS) is 19.7. The second-order valence-electron chi connectivity index (χ2n) is 6.96. The molecule has 0 saturated carbocycles. The second-order valence-corrected chi connectivity index (χ2v) is 6.96. The number of aliphatic imine (C=N–C) groups is 1. The molecular weight excluding hydrogens is 361 g/mol. The molecule has 8 heteroatoms. The van der Waals surface area contributed by atoms with Crippen LogP contribution in [0.25, 0.3) is 5.69 Å². The van der Waals surface area contributed by atoms with Gasteiger partial charge in [-0.15, -0.1) is 0 Å². The Balaban J connectivity index is 1.53. The van der Waals surface area contributed by atoms with E-state index in [9.17, 15) is 9.18 Å². The number of halogens is 1. The number of ether oxygens (including phenoxy) is 1. The topological polar surface area (TPSA) is 71.8 Å². The highest BCUT2D eigenvalue weighted by Crippen LogP contribution is 2.24. The van der Waals surface area contributed by atoms with Crippen LogP contribution in [0.4, 0.5) is 4.39 Å². The summed E-state index contributed by atoms with van der Waals surface area (Å²) in [6, 6.07) is 8.16. The quantitative estimate of drug-likeness (QED) is 0.482. The van der Waals surface area contributed by atoms with Crippen LogP contribution in [0, 0.1) is 17.7 Å². The molecule has 3 rings (SSSR count). The van der Waals surface area contributed by atoms with Gasteiger partial charge in [-0.25, -0.2) is 9.07 Å². The first-order valence-corrected chi connectivity index (χ1v) is 9.35. The first-order valence-electron chi connectivity index (χ1n) is 9.35. The van der Waals surface area contributed by atoms with Crippen molar-refractivity contribution in [2.24, 2.45) is 16.8 Å². The van der Waals surface area contributed by atoms with Gasteiger partial charge in [-0.3, -0.25) is 9.79 Å². The van der Waals surface area contributed by atoms with Crippen LogP contribution >= 0.6 is 0 Å². The highest BCUT2D eigenvalue weighted by atomic mass is 19.1. The molecular formula is C20H26FN5O2. The maximum absolute atomic E-state index is 13.0. The molecule has 0 bridgehead atoms. The minimum Gasteiger partial charge on any atom is -0.469 e. The van der Waals surface area contributed by atoms with Crippen LogP contribution in [-0.2, 0) is 16.0 Å². The fourth-order valence-electron chi connectivity index (χ4n) is 3.47. The Labute approximate surface area is 164 Å². The van der Waals surface area contributed by atoms with Crippen LogP contribution < -0.4 is 5.32 Å². The van der Waals surface area contributed by atoms with Gasteiger partial charge in [0.05, 0.1) is 24.4 Å². The van der Waals surface area contributed by atoms with Crippen molar-refractivity contribution < 1.29 is 13.9 Å². The summed E-state index contributed by atoms with van der Waals surface area (Å²) in [5.41, 5.74) is 1.74. The third-order valence-corrected chi connectivity index (χ3v) is 5.03. The Kier molecular flexibility index (Phi) is 6.28. The maximum Gasteiger partial charge on any atom is 0.310 e. The van der Waals surface area contributed by atoms with Gasteiger partial charge in [0.1, 0.15) is 5.82 Å². The minimum atomic E-state index is -0.266. The Morgan fingerprint density at radius 1 is 1.32 bits per heavy atom. The van der Waals surface area contributed by atoms with Crippen LogP contribution in [0.3, 0.4) is 0 Å². The van der Waals surface area contributed by atoms with Crippen molar-refractivity contribution in [1.29, 1.82) is 0 Å². The van der Waals surface area contributed by atoms with E-state index in [0.717, 1.165) is 30.3 Å². The predicted octanol–water partition coefficient (Wildman–Crippen LogP) is 1.87. The third kappa shape index (κ3) is 4.49. The minimum absolute atomic E-state index is 0.130. The molecule has 0 spiro atoms. The average molecular weight is 387 g/mol. The number of guanidine groups is 1. The number of likely N-dealkylation sites (tertiary alicyclic amines) is 1. The first kappa shape index (κ1) is 19.9. The van der Waals surface area contributed by atoms with Crippen LogP contribution in [-0.4, -0.2) is 60.4 Å². The number of methoxy groups -OCH3 is 1. The van der Waals surface area contributed by atoms with Crippen molar-refractivity contribution in [1.82, 2.24) is 20.0 Å². The Bertz CT molecular complexity index is 833. The van der Waals surface area contributed by atoms with E-state index in [1.54, 1.807) is 23.9 Å². The zero-order valence-corrected chi connectivity index (χ0v) is 16.4. The summed E-state index contributed by atoms with van der Waals surface area (Å²) >= 11 is 0. The summed E-state index contributed by atoms with van der Waals surface area (Å²) in [6.07, 6.45) is 2.58. The number of nitrogens with zero attached hydrogens (tertiary/aromatic N) is 4. The molecule has 0 radical (unpaired) electrons. The molecule has 1 aliphatic rings. The summed E-state index contributed by atoms with van der Waals surface area (Å²) in [5.74, 6) is 0.428. The molecule has 1 N–H and O–H groups in total. The number of rotatable bonds is 5. The number of benzene rings is 1. The van der Waals surface area contributed by atoms with Gasteiger partial charge in [-0.1, -0.05) is 6.92 Å². The molecule has 1 saturated heterocycles. The molecule has 150 valence electrons. The summed E-state index contributed by atoms with van der Waals surface area (Å²) < 4.78 is 19.7. The van der Waals surface area contributed by atoms with Crippen LogP contribution in [0.15, 0.2) is 41.5 Å². The van der Waals surface area contributed by atoms with E-state index in [1.807, 2.05) is 12.3 Å². The fraction of sp³-hybridized carbons (Fsp3) is 0.450. The number of hydrogen-bond donors (Lipinski definition) is 1. The van der Waals surface area contributed by atoms with Crippen LogP contribution in [0.2, 0.25) is 0 Å². The molecule has 2 unspecified atom stereocenters. The van der Waals surface area contributed by atoms with Crippen molar-refractivity contribution in [3.05, 3.63) is 48.0 Å². The maximum atomic E-state index is 13.0. The Morgan fingerprint density at radius 2 is 2.07 bits per heavy atom. The van der Waals surface area contributed by atoms with Crippen molar-refractivity contribution in [2.45, 2.75) is 13.3 Å². The SMILES string of the molecule is CN=C(NCCc1ccn(-c2ccc(F)cc2)n1)N1CC(C)C(C(=O)OC)C1. The average Bonchev–Trinajstić information content (AvgIpc) is 3.32. The van der Waals surface area contributed by atoms with Crippen molar-refractivity contribution in [3.63, 3.8) is 0 Å². The van der Waals surface area contributed by atoms with Crippen LogP contribution in [0.5, 0.6) is 0 Å². The summed E-state index contributed by atoms with van der Waals surface area (Å²) in [4.78, 5) is 18.3. The number of carbonyl (C=O) groups is 1. The smallest absolute Gasteiger partial charge is 0.310 e. The molecule has 1 aromatic heterocycles. The molecule has 0 aliphatic carbocycles. The molecule has 0 amide bonds. The zero-order valence-electron chi connectivity index (χ0n) is 16.4. The second kappa shape index (κ2) is 8.86. The van der Waals surface area contributed by atoms with E-state index in [-0.39, 0.29) is 23.6 Å². The lowest BCUT2D eigenvalue weighted by molar-refractivity contribution is -0.145. The van der Waals surface area contributed by atoms with E-state index >= 15 is 0 Å². The van der Waals surface area contributed by atoms with Crippen molar-refractivity contribution in [3.8, 4) is 5.69 Å². The van der Waals surface area contributed by atoms with E-state index in [0.29, 0.717) is 13.1 Å². The van der Waals surface area contributed by atoms with E-state index in [1.165, 1.54) is 19.2 Å². The number of hydrogen-bond acceptors (Lipinski definition) is 4. The molecule has 7 nitrogen and oxygen atoms in total. The number of carbonyl (C=O) groups excluding carboxylic acids is 1. The van der Waals surface area contributed by atoms with Gasteiger partial charge in [0.2, 0.25) is 0 Å². The summed E-state index contributed by atoms with van der Waals surface area (Å²) in [5, 5.41) is 7.87. The lowest BCUT2D eigenvalue weighted by Crippen LogP contribution is -2.41. The molecule has 1 fully saturated rings. The van der Waals surface area contributed by atoms with Gasteiger partial charge in [-0.05, 0) is 36.2 Å². The largest absolute Gasteiger partial charge is 0.469 e. The highest BCUT2D eigenvalue weighted by molar-refractivity contribution is 5.82. The van der Waals surface area contributed by atoms with Gasteiger partial charge < -0.3 is 15.0 Å². The van der Waals surface area contributed by atoms with Gasteiger partial charge in [0, 0.05) is 39.3 Å². The standard InChI is InChI=1S/C20H26FN5O2/c1-14-12-25(13-18(14)19(27)28-3)20(22-2)23-10-8-16-9-11-26(24-16)17-6-4-15(21)5-7-17/h4-7,9,11,14,18H,8,10,12-13H2,1-3H3,(H,22,23). The van der Waals surface area contributed by atoms with Gasteiger partial charge in [0.25, 0.3) is 0 Å². The Morgan fingerprint density at radius 3 is 2.75 bits per heavy atom. The Hall–Kier alpha value is -2.90. The lowest BCUT2D eigenvalue weighted by atomic mass is 9.99.